The van der Waals surface area contributed by atoms with E-state index in [1.165, 1.54) is 4.90 Å². The monoisotopic (exact) mass is 511 g/mol. The van der Waals surface area contributed by atoms with Gasteiger partial charge in [0.2, 0.25) is 0 Å². The molecule has 1 aliphatic rings. The van der Waals surface area contributed by atoms with E-state index >= 15 is 0 Å². The number of aliphatic carboxylic acids is 1. The number of carbonyl (C=O) groups excluding carboxylic acids is 1. The molecule has 4 aromatic rings. The van der Waals surface area contributed by atoms with Gasteiger partial charge in [0.1, 0.15) is 10.4 Å². The number of carbonyl (C=O) groups is 2. The fourth-order valence-corrected chi connectivity index (χ4v) is 5.39. The highest BCUT2D eigenvalue weighted by molar-refractivity contribution is 8.26. The molecule has 2 heterocycles. The third-order valence-corrected chi connectivity index (χ3v) is 7.12. The number of thioether (sulfide) groups is 1. The van der Waals surface area contributed by atoms with E-state index in [4.69, 9.17) is 17.3 Å². The highest BCUT2D eigenvalue weighted by atomic mass is 32.2. The van der Waals surface area contributed by atoms with Crippen molar-refractivity contribution in [3.05, 3.63) is 113 Å². The third-order valence-electron chi connectivity index (χ3n) is 5.79. The number of carboxylic acid groups (broad SMARTS) is 1. The van der Waals surface area contributed by atoms with Crippen LogP contribution < -0.4 is 0 Å². The Morgan fingerprint density at radius 3 is 2.22 bits per heavy atom. The lowest BCUT2D eigenvalue weighted by Crippen LogP contribution is -2.45. The second-order valence-electron chi connectivity index (χ2n) is 8.17. The number of carboxylic acids is 1. The number of para-hydroxylation sites is 1. The number of amides is 1. The second kappa shape index (κ2) is 10.3. The van der Waals surface area contributed by atoms with Crippen LogP contribution in [-0.2, 0) is 16.0 Å². The molecule has 1 fully saturated rings. The van der Waals surface area contributed by atoms with Gasteiger partial charge in [-0.3, -0.25) is 9.69 Å². The number of hydrogen-bond acceptors (Lipinski definition) is 5. The Kier molecular flexibility index (Phi) is 6.79. The van der Waals surface area contributed by atoms with Gasteiger partial charge in [0.05, 0.1) is 16.3 Å². The minimum absolute atomic E-state index is 0.164. The van der Waals surface area contributed by atoms with Gasteiger partial charge in [-0.2, -0.15) is 5.10 Å². The smallest absolute Gasteiger partial charge is 0.327 e. The van der Waals surface area contributed by atoms with E-state index in [9.17, 15) is 14.7 Å². The highest BCUT2D eigenvalue weighted by Gasteiger charge is 2.40. The zero-order valence-electron chi connectivity index (χ0n) is 19.0. The fraction of sp³-hybridized carbons (Fsp3) is 0.0714. The van der Waals surface area contributed by atoms with Gasteiger partial charge in [0, 0.05) is 23.7 Å². The molecule has 36 heavy (non-hydrogen) atoms. The standard InChI is InChI=1S/C28H21N3O3S2/c32-26-24(36-28(35)31(26)23(27(33)34)16-19-10-4-1-5-11-19)17-21-18-30(22-14-8-3-9-15-22)29-25(21)20-12-6-2-7-13-20/h1-15,17-18,23H,16H2,(H,33,34)/b24-17-. The summed E-state index contributed by atoms with van der Waals surface area (Å²) < 4.78 is 2.00. The molecule has 3 aromatic carbocycles. The molecule has 1 aromatic heterocycles. The van der Waals surface area contributed by atoms with Crippen LogP contribution in [0.5, 0.6) is 0 Å². The molecular weight excluding hydrogens is 490 g/mol. The van der Waals surface area contributed by atoms with Crippen LogP contribution in [0.3, 0.4) is 0 Å². The van der Waals surface area contributed by atoms with Gasteiger partial charge < -0.3 is 5.11 Å². The molecule has 1 unspecified atom stereocenters. The maximum atomic E-state index is 13.4. The molecule has 178 valence electrons. The Hall–Kier alpha value is -4.01. The molecule has 0 radical (unpaired) electrons. The molecule has 1 saturated heterocycles. The molecule has 5 rings (SSSR count). The average molecular weight is 512 g/mol. The van der Waals surface area contributed by atoms with Gasteiger partial charge in [-0.05, 0) is 23.8 Å². The Balaban J connectivity index is 1.52. The number of thiocarbonyl (C=S) groups is 1. The summed E-state index contributed by atoms with van der Waals surface area (Å²) in [5.41, 5.74) is 4.06. The van der Waals surface area contributed by atoms with Crippen LogP contribution in [0.4, 0.5) is 0 Å². The minimum atomic E-state index is -1.10. The number of hydrogen-bond donors (Lipinski definition) is 1. The van der Waals surface area contributed by atoms with E-state index in [2.05, 4.69) is 0 Å². The summed E-state index contributed by atoms with van der Waals surface area (Å²) in [5, 5.41) is 14.7. The predicted octanol–water partition coefficient (Wildman–Crippen LogP) is 5.44. The number of aromatic nitrogens is 2. The summed E-state index contributed by atoms with van der Waals surface area (Å²) in [6.45, 7) is 0. The van der Waals surface area contributed by atoms with Gasteiger partial charge >= 0.3 is 5.97 Å². The second-order valence-corrected chi connectivity index (χ2v) is 9.85. The summed E-state index contributed by atoms with van der Waals surface area (Å²) >= 11 is 6.58. The van der Waals surface area contributed by atoms with E-state index in [0.717, 1.165) is 34.1 Å². The zero-order valence-corrected chi connectivity index (χ0v) is 20.7. The van der Waals surface area contributed by atoms with Crippen molar-refractivity contribution in [3.8, 4) is 16.9 Å². The van der Waals surface area contributed by atoms with Crippen LogP contribution in [0, 0.1) is 0 Å². The summed E-state index contributed by atoms with van der Waals surface area (Å²) in [4.78, 5) is 27.2. The maximum absolute atomic E-state index is 13.4. The van der Waals surface area contributed by atoms with E-state index in [0.29, 0.717) is 10.6 Å². The topological polar surface area (TPSA) is 75.4 Å². The third kappa shape index (κ3) is 4.86. The largest absolute Gasteiger partial charge is 0.480 e. The van der Waals surface area contributed by atoms with Crippen molar-refractivity contribution in [1.82, 2.24) is 14.7 Å². The summed E-state index contributed by atoms with van der Waals surface area (Å²) in [6.07, 6.45) is 3.77. The molecule has 0 spiro atoms. The first-order valence-electron chi connectivity index (χ1n) is 11.3. The average Bonchev–Trinajstić information content (AvgIpc) is 3.44. The quantitative estimate of drug-likeness (QED) is 0.263. The van der Waals surface area contributed by atoms with Gasteiger partial charge in [0.15, 0.2) is 0 Å². The van der Waals surface area contributed by atoms with Gasteiger partial charge in [-0.1, -0.05) is 103 Å². The normalized spacial score (nSPS) is 15.4. The van der Waals surface area contributed by atoms with Crippen LogP contribution in [0.15, 0.2) is 102 Å². The first-order valence-corrected chi connectivity index (χ1v) is 12.5. The van der Waals surface area contributed by atoms with Crippen molar-refractivity contribution in [3.63, 3.8) is 0 Å². The lowest BCUT2D eigenvalue weighted by molar-refractivity contribution is -0.145. The van der Waals surface area contributed by atoms with Gasteiger partial charge in [-0.15, -0.1) is 0 Å². The van der Waals surface area contributed by atoms with Crippen LogP contribution in [0.2, 0.25) is 0 Å². The predicted molar refractivity (Wildman–Crippen MR) is 146 cm³/mol. The van der Waals surface area contributed by atoms with E-state index in [1.54, 1.807) is 10.8 Å². The molecule has 0 saturated carbocycles. The zero-order chi connectivity index (χ0) is 25.1. The molecule has 0 aliphatic carbocycles. The Morgan fingerprint density at radius 2 is 1.58 bits per heavy atom. The summed E-state index contributed by atoms with van der Waals surface area (Å²) in [7, 11) is 0. The van der Waals surface area contributed by atoms with Crippen molar-refractivity contribution < 1.29 is 14.7 Å². The molecule has 6 nitrogen and oxygen atoms in total. The van der Waals surface area contributed by atoms with Crippen molar-refractivity contribution in [1.29, 1.82) is 0 Å². The molecular formula is C28H21N3O3S2. The van der Waals surface area contributed by atoms with Crippen molar-refractivity contribution in [2.24, 2.45) is 0 Å². The number of benzene rings is 3. The van der Waals surface area contributed by atoms with Crippen LogP contribution in [0.1, 0.15) is 11.1 Å². The van der Waals surface area contributed by atoms with E-state index in [1.807, 2.05) is 97.2 Å². The Labute approximate surface area is 217 Å². The summed E-state index contributed by atoms with van der Waals surface area (Å²) in [5.74, 6) is -1.52. The first kappa shape index (κ1) is 23.7. The molecule has 1 atom stereocenters. The van der Waals surface area contributed by atoms with E-state index < -0.39 is 17.9 Å². The molecule has 1 amide bonds. The minimum Gasteiger partial charge on any atom is -0.480 e. The Bertz CT molecular complexity index is 1450. The fourth-order valence-electron chi connectivity index (χ4n) is 4.04. The van der Waals surface area contributed by atoms with Gasteiger partial charge in [-0.25, -0.2) is 9.48 Å². The van der Waals surface area contributed by atoms with Crippen LogP contribution >= 0.6 is 24.0 Å². The Morgan fingerprint density at radius 1 is 0.972 bits per heavy atom. The van der Waals surface area contributed by atoms with Crippen molar-refractivity contribution >= 4 is 46.3 Å². The van der Waals surface area contributed by atoms with Crippen LogP contribution in [-0.4, -0.2) is 42.0 Å². The lowest BCUT2D eigenvalue weighted by atomic mass is 10.0. The first-order chi connectivity index (χ1) is 17.5. The molecule has 1 aliphatic heterocycles. The molecule has 1 N–H and O–H groups in total. The molecule has 0 bridgehead atoms. The maximum Gasteiger partial charge on any atom is 0.327 e. The van der Waals surface area contributed by atoms with Crippen molar-refractivity contribution in [2.75, 3.05) is 0 Å². The lowest BCUT2D eigenvalue weighted by Gasteiger charge is -2.23. The highest BCUT2D eigenvalue weighted by Crippen LogP contribution is 2.36. The van der Waals surface area contributed by atoms with Crippen LogP contribution in [0.25, 0.3) is 23.0 Å². The summed E-state index contributed by atoms with van der Waals surface area (Å²) in [6, 6.07) is 27.6. The van der Waals surface area contributed by atoms with E-state index in [-0.39, 0.29) is 10.7 Å². The van der Waals surface area contributed by atoms with Gasteiger partial charge in [0.25, 0.3) is 5.91 Å². The number of rotatable bonds is 7. The SMILES string of the molecule is O=C(O)C(Cc1ccccc1)N1C(=O)/C(=C/c2cn(-c3ccccc3)nc2-c2ccccc2)SC1=S. The molecule has 8 heteroatoms. The number of nitrogens with zero attached hydrogens (tertiary/aromatic N) is 3. The van der Waals surface area contributed by atoms with Crippen molar-refractivity contribution in [2.45, 2.75) is 12.5 Å².